The van der Waals surface area contributed by atoms with Crippen molar-refractivity contribution in [2.45, 2.75) is 32.3 Å². The Morgan fingerprint density at radius 2 is 1.74 bits per heavy atom. The second-order valence-electron chi connectivity index (χ2n) is 5.39. The number of nitrogens with one attached hydrogen (secondary N) is 1. The Kier molecular flexibility index (Phi) is 4.67. The molecule has 0 aliphatic rings. The largest absolute Gasteiger partial charge is 0.479 e. The normalized spacial score (nSPS) is 12.8. The van der Waals surface area contributed by atoms with Crippen LogP contribution in [0.4, 0.5) is 0 Å². The van der Waals surface area contributed by atoms with Gasteiger partial charge in [0.1, 0.15) is 0 Å². The Balaban J connectivity index is 2.66. The lowest BCUT2D eigenvalue weighted by molar-refractivity contribution is -0.146. The summed E-state index contributed by atoms with van der Waals surface area (Å²) in [5, 5.41) is 19.9. The van der Waals surface area contributed by atoms with Crippen molar-refractivity contribution < 1.29 is 19.8 Å². The van der Waals surface area contributed by atoms with E-state index in [-0.39, 0.29) is 12.0 Å². The maximum Gasteiger partial charge on any atom is 0.334 e. The molecule has 0 saturated carbocycles. The molecule has 1 amide bonds. The Morgan fingerprint density at radius 3 is 2.16 bits per heavy atom. The van der Waals surface area contributed by atoms with E-state index in [1.54, 1.807) is 12.1 Å². The average Bonchev–Trinajstić information content (AvgIpc) is 2.34. The first-order chi connectivity index (χ1) is 8.71. The van der Waals surface area contributed by atoms with Crippen molar-refractivity contribution in [2.24, 2.45) is 0 Å². The average molecular weight is 265 g/mol. The molecule has 1 aromatic rings. The highest BCUT2D eigenvalue weighted by Crippen LogP contribution is 2.22. The molecule has 19 heavy (non-hydrogen) atoms. The highest BCUT2D eigenvalue weighted by Gasteiger charge is 2.16. The maximum atomic E-state index is 11.7. The Hall–Kier alpha value is -1.88. The Labute approximate surface area is 112 Å². The van der Waals surface area contributed by atoms with E-state index < -0.39 is 18.0 Å². The molecule has 0 aliphatic heterocycles. The molecule has 5 nitrogen and oxygen atoms in total. The predicted octanol–water partition coefficient (Wildman–Crippen LogP) is 1.16. The number of benzene rings is 1. The lowest BCUT2D eigenvalue weighted by Gasteiger charge is -2.19. The molecule has 0 heterocycles. The number of amides is 1. The summed E-state index contributed by atoms with van der Waals surface area (Å²) < 4.78 is 0. The van der Waals surface area contributed by atoms with Gasteiger partial charge in [0.2, 0.25) is 0 Å². The number of aliphatic hydroxyl groups is 1. The standard InChI is InChI=1S/C14H19NO4/c1-14(2,3)10-6-4-9(5-7-10)12(17)15-8-11(16)13(18)19/h4-7,11,16H,8H2,1-3H3,(H,15,17)(H,18,19)/t11-/m0/s1. The number of carbonyl (C=O) groups excluding carboxylic acids is 1. The molecule has 1 aromatic carbocycles. The van der Waals surface area contributed by atoms with Crippen LogP contribution in [0.25, 0.3) is 0 Å². The van der Waals surface area contributed by atoms with E-state index in [4.69, 9.17) is 10.2 Å². The van der Waals surface area contributed by atoms with Crippen molar-refractivity contribution in [3.63, 3.8) is 0 Å². The number of carbonyl (C=O) groups is 2. The molecular formula is C14H19NO4. The third kappa shape index (κ3) is 4.37. The number of carboxylic acids is 1. The van der Waals surface area contributed by atoms with Gasteiger partial charge in [-0.2, -0.15) is 0 Å². The van der Waals surface area contributed by atoms with E-state index in [2.05, 4.69) is 26.1 Å². The Bertz CT molecular complexity index is 459. The van der Waals surface area contributed by atoms with Crippen LogP contribution >= 0.6 is 0 Å². The summed E-state index contributed by atoms with van der Waals surface area (Å²) in [4.78, 5) is 22.1. The molecular weight excluding hydrogens is 246 g/mol. The monoisotopic (exact) mass is 265 g/mol. The van der Waals surface area contributed by atoms with Crippen LogP contribution in [-0.4, -0.2) is 34.7 Å². The van der Waals surface area contributed by atoms with E-state index >= 15 is 0 Å². The predicted molar refractivity (Wildman–Crippen MR) is 71.1 cm³/mol. The second kappa shape index (κ2) is 5.84. The molecule has 5 heteroatoms. The fraction of sp³-hybridized carbons (Fsp3) is 0.429. The molecule has 0 aliphatic carbocycles. The Morgan fingerprint density at radius 1 is 1.21 bits per heavy atom. The number of hydrogen-bond donors (Lipinski definition) is 3. The smallest absolute Gasteiger partial charge is 0.334 e. The highest BCUT2D eigenvalue weighted by molar-refractivity contribution is 5.94. The summed E-state index contributed by atoms with van der Waals surface area (Å²) >= 11 is 0. The zero-order valence-corrected chi connectivity index (χ0v) is 11.3. The van der Waals surface area contributed by atoms with Crippen LogP contribution in [0.2, 0.25) is 0 Å². The van der Waals surface area contributed by atoms with Crippen LogP contribution in [0.1, 0.15) is 36.7 Å². The molecule has 1 atom stereocenters. The molecule has 0 fully saturated rings. The lowest BCUT2D eigenvalue weighted by atomic mass is 9.87. The van der Waals surface area contributed by atoms with Crippen LogP contribution in [-0.2, 0) is 10.2 Å². The molecule has 3 N–H and O–H groups in total. The molecule has 0 radical (unpaired) electrons. The number of aliphatic hydroxyl groups excluding tert-OH is 1. The van der Waals surface area contributed by atoms with E-state index in [1.807, 2.05) is 12.1 Å². The molecule has 0 unspecified atom stereocenters. The fourth-order valence-corrected chi connectivity index (χ4v) is 1.50. The van der Waals surface area contributed by atoms with Crippen molar-refractivity contribution in [1.29, 1.82) is 0 Å². The summed E-state index contributed by atoms with van der Waals surface area (Å²) in [5.74, 6) is -1.76. The molecule has 0 aromatic heterocycles. The van der Waals surface area contributed by atoms with Crippen LogP contribution in [0, 0.1) is 0 Å². The molecule has 0 spiro atoms. The SMILES string of the molecule is CC(C)(C)c1ccc(C(=O)NC[C@H](O)C(=O)O)cc1. The summed E-state index contributed by atoms with van der Waals surface area (Å²) in [6.07, 6.45) is -1.59. The molecule has 0 saturated heterocycles. The van der Waals surface area contributed by atoms with Gasteiger partial charge in [0.25, 0.3) is 5.91 Å². The number of aliphatic carboxylic acids is 1. The van der Waals surface area contributed by atoms with Crippen molar-refractivity contribution in [2.75, 3.05) is 6.54 Å². The van der Waals surface area contributed by atoms with Gasteiger partial charge in [0.15, 0.2) is 6.10 Å². The first kappa shape index (κ1) is 15.2. The fourth-order valence-electron chi connectivity index (χ4n) is 1.50. The van der Waals surface area contributed by atoms with E-state index in [1.165, 1.54) is 0 Å². The van der Waals surface area contributed by atoms with Gasteiger partial charge in [0.05, 0.1) is 6.54 Å². The van der Waals surface area contributed by atoms with Gasteiger partial charge in [-0.25, -0.2) is 4.79 Å². The highest BCUT2D eigenvalue weighted by atomic mass is 16.4. The first-order valence-electron chi connectivity index (χ1n) is 6.01. The van der Waals surface area contributed by atoms with Gasteiger partial charge in [-0.1, -0.05) is 32.9 Å². The summed E-state index contributed by atoms with van der Waals surface area (Å²) in [7, 11) is 0. The van der Waals surface area contributed by atoms with Crippen LogP contribution in [0.3, 0.4) is 0 Å². The van der Waals surface area contributed by atoms with Gasteiger partial charge in [-0.3, -0.25) is 4.79 Å². The zero-order valence-electron chi connectivity index (χ0n) is 11.3. The number of rotatable bonds is 4. The third-order valence-electron chi connectivity index (χ3n) is 2.75. The summed E-state index contributed by atoms with van der Waals surface area (Å²) in [6.45, 7) is 5.91. The zero-order chi connectivity index (χ0) is 14.6. The van der Waals surface area contributed by atoms with Crippen molar-refractivity contribution in [3.05, 3.63) is 35.4 Å². The number of carboxylic acid groups (broad SMARTS) is 1. The van der Waals surface area contributed by atoms with Crippen LogP contribution < -0.4 is 5.32 Å². The van der Waals surface area contributed by atoms with Crippen LogP contribution in [0.5, 0.6) is 0 Å². The van der Waals surface area contributed by atoms with Gasteiger partial charge in [-0.05, 0) is 23.1 Å². The lowest BCUT2D eigenvalue weighted by Crippen LogP contribution is -2.36. The van der Waals surface area contributed by atoms with Gasteiger partial charge in [-0.15, -0.1) is 0 Å². The topological polar surface area (TPSA) is 86.6 Å². The minimum atomic E-state index is -1.59. The number of hydrogen-bond acceptors (Lipinski definition) is 3. The molecule has 1 rings (SSSR count). The van der Waals surface area contributed by atoms with Crippen LogP contribution in [0.15, 0.2) is 24.3 Å². The van der Waals surface area contributed by atoms with Crippen molar-refractivity contribution in [3.8, 4) is 0 Å². The van der Waals surface area contributed by atoms with E-state index in [9.17, 15) is 9.59 Å². The first-order valence-corrected chi connectivity index (χ1v) is 6.01. The third-order valence-corrected chi connectivity index (χ3v) is 2.75. The van der Waals surface area contributed by atoms with Gasteiger partial charge in [0, 0.05) is 5.56 Å². The van der Waals surface area contributed by atoms with Gasteiger partial charge >= 0.3 is 5.97 Å². The second-order valence-corrected chi connectivity index (χ2v) is 5.39. The van der Waals surface area contributed by atoms with E-state index in [0.29, 0.717) is 5.56 Å². The van der Waals surface area contributed by atoms with Crippen molar-refractivity contribution in [1.82, 2.24) is 5.32 Å². The summed E-state index contributed by atoms with van der Waals surface area (Å²) in [6, 6.07) is 7.09. The minimum absolute atomic E-state index is 0.00844. The maximum absolute atomic E-state index is 11.7. The van der Waals surface area contributed by atoms with Gasteiger partial charge < -0.3 is 15.5 Å². The van der Waals surface area contributed by atoms with E-state index in [0.717, 1.165) is 5.56 Å². The molecule has 104 valence electrons. The minimum Gasteiger partial charge on any atom is -0.479 e. The quantitative estimate of drug-likeness (QED) is 0.762. The molecule has 0 bridgehead atoms. The van der Waals surface area contributed by atoms with Crippen molar-refractivity contribution >= 4 is 11.9 Å². The summed E-state index contributed by atoms with van der Waals surface area (Å²) in [5.41, 5.74) is 1.55.